The van der Waals surface area contributed by atoms with Gasteiger partial charge in [0.1, 0.15) is 0 Å². The zero-order chi connectivity index (χ0) is 38.2. The Bertz CT molecular complexity index is 2790. The van der Waals surface area contributed by atoms with Gasteiger partial charge < -0.3 is 19.5 Å². The Morgan fingerprint density at radius 1 is 0.667 bits per heavy atom. The van der Waals surface area contributed by atoms with Crippen LogP contribution in [0.1, 0.15) is 13.9 Å². The van der Waals surface area contributed by atoms with Gasteiger partial charge in [-0.2, -0.15) is 0 Å². The molecule has 6 aromatic carbocycles. The van der Waals surface area contributed by atoms with Crippen molar-refractivity contribution in [3.05, 3.63) is 181 Å². The van der Waals surface area contributed by atoms with Crippen LogP contribution in [-0.4, -0.2) is 23.1 Å². The maximum atomic E-state index is 11.0. The van der Waals surface area contributed by atoms with E-state index < -0.39 is 14.4 Å². The van der Waals surface area contributed by atoms with Crippen LogP contribution in [0.3, 0.4) is 0 Å². The first-order chi connectivity index (χ1) is 26.6. The third-order valence-electron chi connectivity index (χ3n) is 9.30. The van der Waals surface area contributed by atoms with Crippen LogP contribution in [0.5, 0.6) is 5.75 Å². The molecule has 9 rings (SSSR count). The molecule has 54 heavy (non-hydrogen) atoms. The number of rotatable bonds is 6. The molecule has 0 bridgehead atoms. The van der Waals surface area contributed by atoms with Crippen molar-refractivity contribution >= 4 is 46.0 Å². The molecule has 1 N–H and O–H groups in total. The third kappa shape index (κ3) is 7.55. The van der Waals surface area contributed by atoms with Crippen molar-refractivity contribution in [1.82, 2.24) is 9.97 Å². The molecule has 0 saturated carbocycles. The molecule has 1 radical (unpaired) electrons. The summed E-state index contributed by atoms with van der Waals surface area (Å²) in [6.45, 7) is 6.68. The molecule has 0 aliphatic heterocycles. The molecule has 0 aliphatic carbocycles. The van der Waals surface area contributed by atoms with Crippen molar-refractivity contribution in [2.75, 3.05) is 0 Å². The molecule has 0 fully saturated rings. The number of hydrogen-bond donors (Lipinski definition) is 1. The molecule has 267 valence electrons. The quantitative estimate of drug-likeness (QED) is 0.133. The van der Waals surface area contributed by atoms with Gasteiger partial charge in [-0.05, 0) is 50.9 Å². The topological polar surface area (TPSA) is 59.2 Å². The Morgan fingerprint density at radius 3 is 2.09 bits per heavy atom. The van der Waals surface area contributed by atoms with Gasteiger partial charge in [0.15, 0.2) is 11.3 Å². The van der Waals surface area contributed by atoms with Crippen LogP contribution in [0.4, 0.5) is 0 Å². The van der Waals surface area contributed by atoms with E-state index in [0.717, 1.165) is 65.9 Å². The summed E-state index contributed by atoms with van der Waals surface area (Å²) in [4.78, 5) is 9.25. The molecular formula is C48H38IrN2O2Si-2. The SMILES string of the molecule is Oc1c(-c2ccccc2)ccc2c1oc1c(-c3cc4ccccc4cn3)[c-]ccc12.[2H]C([2H])(c1ccccc1)c1cc(-c2[c-]cccc2)ncc1[Si](C)(C)C.[Ir]. The van der Waals surface area contributed by atoms with Crippen LogP contribution in [0.2, 0.25) is 19.6 Å². The van der Waals surface area contributed by atoms with E-state index in [1.54, 1.807) is 0 Å². The number of aromatic nitrogens is 2. The second-order valence-electron chi connectivity index (χ2n) is 14.0. The molecule has 0 amide bonds. The minimum absolute atomic E-state index is 0. The van der Waals surface area contributed by atoms with E-state index in [1.807, 2.05) is 152 Å². The average Bonchev–Trinajstić information content (AvgIpc) is 3.61. The van der Waals surface area contributed by atoms with Crippen molar-refractivity contribution in [2.45, 2.75) is 26.0 Å². The second-order valence-corrected chi connectivity index (χ2v) is 19.0. The first-order valence-electron chi connectivity index (χ1n) is 18.6. The van der Waals surface area contributed by atoms with E-state index in [-0.39, 0.29) is 25.9 Å². The Balaban J connectivity index is 0.000000172. The average molecular weight is 897 g/mol. The van der Waals surface area contributed by atoms with Gasteiger partial charge in [-0.25, -0.2) is 0 Å². The summed E-state index contributed by atoms with van der Waals surface area (Å²) in [5.41, 5.74) is 7.47. The van der Waals surface area contributed by atoms with Gasteiger partial charge in [0.25, 0.3) is 0 Å². The molecule has 4 nitrogen and oxygen atoms in total. The number of benzene rings is 6. The van der Waals surface area contributed by atoms with Crippen LogP contribution in [-0.2, 0) is 26.5 Å². The van der Waals surface area contributed by atoms with Crippen molar-refractivity contribution in [3.63, 3.8) is 0 Å². The van der Waals surface area contributed by atoms with Gasteiger partial charge >= 0.3 is 0 Å². The predicted molar refractivity (Wildman–Crippen MR) is 221 cm³/mol. The maximum Gasteiger partial charge on any atom is 0.165 e. The maximum absolute atomic E-state index is 11.0. The Labute approximate surface area is 333 Å². The predicted octanol–water partition coefficient (Wildman–Crippen LogP) is 11.7. The summed E-state index contributed by atoms with van der Waals surface area (Å²) in [5, 5.41) is 16.0. The van der Waals surface area contributed by atoms with Crippen LogP contribution in [0, 0.1) is 12.1 Å². The molecule has 9 aromatic rings. The summed E-state index contributed by atoms with van der Waals surface area (Å²) in [5.74, 6) is 0.146. The number of nitrogens with zero attached hydrogens (tertiary/aromatic N) is 2. The zero-order valence-electron chi connectivity index (χ0n) is 32.1. The number of aromatic hydroxyl groups is 1. The minimum atomic E-state index is -1.76. The van der Waals surface area contributed by atoms with Crippen LogP contribution in [0.15, 0.2) is 162 Å². The molecule has 3 aromatic heterocycles. The van der Waals surface area contributed by atoms with E-state index in [0.29, 0.717) is 16.7 Å². The summed E-state index contributed by atoms with van der Waals surface area (Å²) in [6, 6.07) is 53.2. The summed E-state index contributed by atoms with van der Waals surface area (Å²) in [6.07, 6.45) is 2.17. The molecule has 0 atom stereocenters. The van der Waals surface area contributed by atoms with Gasteiger partial charge in [-0.1, -0.05) is 139 Å². The number of phenolic OH excluding ortho intramolecular Hbond substituents is 1. The Morgan fingerprint density at radius 2 is 1.35 bits per heavy atom. The molecule has 0 spiro atoms. The van der Waals surface area contributed by atoms with Gasteiger partial charge in [0, 0.05) is 46.2 Å². The number of phenols is 1. The van der Waals surface area contributed by atoms with Crippen LogP contribution >= 0.6 is 0 Å². The summed E-state index contributed by atoms with van der Waals surface area (Å²) >= 11 is 0. The molecule has 6 heteroatoms. The van der Waals surface area contributed by atoms with Crippen LogP contribution in [0.25, 0.3) is 66.4 Å². The molecular weight excluding hydrogens is 857 g/mol. The summed E-state index contributed by atoms with van der Waals surface area (Å²) in [7, 11) is -1.76. The zero-order valence-corrected chi connectivity index (χ0v) is 33.5. The molecule has 0 saturated heterocycles. The molecule has 3 heterocycles. The van der Waals surface area contributed by atoms with Crippen molar-refractivity contribution in [3.8, 4) is 39.4 Å². The Kier molecular flexibility index (Phi) is 9.96. The molecule has 0 aliphatic rings. The monoisotopic (exact) mass is 897 g/mol. The van der Waals surface area contributed by atoms with Gasteiger partial charge in [0.2, 0.25) is 0 Å². The van der Waals surface area contributed by atoms with Gasteiger partial charge in [-0.3, -0.25) is 0 Å². The Hall–Kier alpha value is -5.65. The smallest absolute Gasteiger partial charge is 0.165 e. The number of pyridine rings is 2. The van der Waals surface area contributed by atoms with Gasteiger partial charge in [-0.15, -0.1) is 54.1 Å². The number of fused-ring (bicyclic) bond motifs is 4. The fourth-order valence-corrected chi connectivity index (χ4v) is 7.98. The van der Waals surface area contributed by atoms with E-state index in [1.165, 1.54) is 0 Å². The fraction of sp³-hybridized carbons (Fsp3) is 0.0833. The van der Waals surface area contributed by atoms with E-state index in [4.69, 9.17) is 7.16 Å². The first kappa shape index (κ1) is 34.1. The summed E-state index contributed by atoms with van der Waals surface area (Å²) < 4.78 is 23.9. The minimum Gasteiger partial charge on any atom is -0.504 e. The normalized spacial score (nSPS) is 12.1. The van der Waals surface area contributed by atoms with Crippen molar-refractivity contribution < 1.29 is 32.4 Å². The van der Waals surface area contributed by atoms with Gasteiger partial charge in [0.05, 0.1) is 13.7 Å². The van der Waals surface area contributed by atoms with Crippen molar-refractivity contribution in [2.24, 2.45) is 0 Å². The van der Waals surface area contributed by atoms with Crippen molar-refractivity contribution in [1.29, 1.82) is 0 Å². The molecule has 0 unspecified atom stereocenters. The first-order valence-corrected chi connectivity index (χ1v) is 21.1. The third-order valence-corrected chi connectivity index (χ3v) is 11.3. The standard InChI is InChI=1S/C27H16NO2.C21H22NSi.Ir/c29-25-20(17-7-2-1-3-8-17)13-14-22-21-11-6-12-23(26(21)30-27(22)25)24-15-18-9-4-5-10-19(18)16-28-24;1-23(2,3)21-16-22-20(18-12-8-5-9-13-18)15-19(21)14-17-10-6-4-7-11-17;/h1-11,13-16,29H;4-12,15-16H,14H2,1-3H3;/q2*-1;/i;14D2;. The number of furan rings is 1. The van der Waals surface area contributed by atoms with E-state index in [2.05, 4.69) is 47.8 Å². The largest absolute Gasteiger partial charge is 0.504 e. The number of hydrogen-bond acceptors (Lipinski definition) is 4. The second kappa shape index (κ2) is 15.8. The van der Waals surface area contributed by atoms with Crippen LogP contribution < -0.4 is 5.19 Å². The van der Waals surface area contributed by atoms with E-state index >= 15 is 0 Å². The fourth-order valence-electron chi connectivity index (χ4n) is 6.59. The van der Waals surface area contributed by atoms with E-state index in [9.17, 15) is 5.11 Å².